The van der Waals surface area contributed by atoms with Gasteiger partial charge in [-0.25, -0.2) is 4.68 Å². The number of hydrogen-bond donors (Lipinski definition) is 1. The number of carbonyl (C=O) groups is 1. The molecule has 0 saturated carbocycles. The Morgan fingerprint density at radius 3 is 2.22 bits per heavy atom. The average Bonchev–Trinajstić information content (AvgIpc) is 3.13. The number of amides is 1. The van der Waals surface area contributed by atoms with Gasteiger partial charge in [0.05, 0.1) is 23.5 Å². The van der Waals surface area contributed by atoms with E-state index >= 15 is 0 Å². The number of ether oxygens (including phenoxy) is 1. The number of halogens is 6. The Balaban J connectivity index is 1.86. The normalized spacial score (nSPS) is 13.0. The monoisotopic (exact) mass is 457 g/mol. The van der Waals surface area contributed by atoms with Gasteiger partial charge in [0, 0.05) is 0 Å². The van der Waals surface area contributed by atoms with Crippen LogP contribution in [0.4, 0.5) is 26.3 Å². The molecular weight excluding hydrogens is 440 g/mol. The Hall–Kier alpha value is -3.50. The number of aromatic nitrogens is 2. The maximum atomic E-state index is 13.8. The highest BCUT2D eigenvalue weighted by Crippen LogP contribution is 2.34. The average molecular weight is 457 g/mol. The smallest absolute Gasteiger partial charge is 0.406 e. The lowest BCUT2D eigenvalue weighted by Crippen LogP contribution is -2.29. The minimum Gasteiger partial charge on any atom is -0.406 e. The van der Waals surface area contributed by atoms with E-state index < -0.39 is 41.5 Å². The molecule has 0 aliphatic heterocycles. The van der Waals surface area contributed by atoms with Crippen LogP contribution in [0.25, 0.3) is 5.69 Å². The Labute approximate surface area is 178 Å². The quantitative estimate of drug-likeness (QED) is 0.509. The fourth-order valence-electron chi connectivity index (χ4n) is 3.09. The van der Waals surface area contributed by atoms with E-state index in [2.05, 4.69) is 15.2 Å². The zero-order valence-corrected chi connectivity index (χ0v) is 16.8. The number of rotatable bonds is 5. The molecule has 0 aliphatic carbocycles. The van der Waals surface area contributed by atoms with Gasteiger partial charge in [0.25, 0.3) is 5.91 Å². The van der Waals surface area contributed by atoms with E-state index in [9.17, 15) is 31.1 Å². The maximum absolute atomic E-state index is 13.8. The molecule has 0 aliphatic rings. The van der Waals surface area contributed by atoms with Crippen molar-refractivity contribution in [3.05, 3.63) is 77.1 Å². The Kier molecular flexibility index (Phi) is 6.20. The van der Waals surface area contributed by atoms with Crippen molar-refractivity contribution >= 4 is 5.91 Å². The summed E-state index contributed by atoms with van der Waals surface area (Å²) in [5.74, 6) is -1.49. The first-order valence-corrected chi connectivity index (χ1v) is 9.24. The van der Waals surface area contributed by atoms with E-state index in [1.807, 2.05) is 0 Å². The summed E-state index contributed by atoms with van der Waals surface area (Å²) in [5.41, 5.74) is -0.836. The summed E-state index contributed by atoms with van der Waals surface area (Å²) >= 11 is 0. The molecule has 1 unspecified atom stereocenters. The molecule has 0 saturated heterocycles. The van der Waals surface area contributed by atoms with Crippen molar-refractivity contribution in [1.29, 1.82) is 0 Å². The third-order valence-electron chi connectivity index (χ3n) is 4.59. The van der Waals surface area contributed by atoms with Gasteiger partial charge in [0.1, 0.15) is 5.75 Å². The lowest BCUT2D eigenvalue weighted by Gasteiger charge is -2.17. The number of hydrogen-bond acceptors (Lipinski definition) is 3. The summed E-state index contributed by atoms with van der Waals surface area (Å²) in [6, 6.07) is 10.1. The van der Waals surface area contributed by atoms with Crippen molar-refractivity contribution in [2.45, 2.75) is 32.4 Å². The highest BCUT2D eigenvalue weighted by Gasteiger charge is 2.41. The van der Waals surface area contributed by atoms with Crippen LogP contribution >= 0.6 is 0 Å². The van der Waals surface area contributed by atoms with E-state index in [1.165, 1.54) is 25.1 Å². The van der Waals surface area contributed by atoms with Crippen LogP contribution in [0.2, 0.25) is 0 Å². The first-order chi connectivity index (χ1) is 14.9. The topological polar surface area (TPSA) is 56.2 Å². The predicted molar refractivity (Wildman–Crippen MR) is 102 cm³/mol. The molecule has 1 heterocycles. The summed E-state index contributed by atoms with van der Waals surface area (Å²) in [4.78, 5) is 12.6. The number of nitrogens with zero attached hydrogens (tertiary/aromatic N) is 2. The summed E-state index contributed by atoms with van der Waals surface area (Å²) in [7, 11) is 0. The van der Waals surface area contributed by atoms with Crippen LogP contribution < -0.4 is 10.1 Å². The third-order valence-corrected chi connectivity index (χ3v) is 4.59. The predicted octanol–water partition coefficient (Wildman–Crippen LogP) is 5.59. The second kappa shape index (κ2) is 8.56. The first kappa shape index (κ1) is 23.2. The van der Waals surface area contributed by atoms with Gasteiger partial charge in [0.15, 0.2) is 5.69 Å². The number of nitrogens with one attached hydrogen (secondary N) is 1. The molecule has 0 radical (unpaired) electrons. The second-order valence-electron chi connectivity index (χ2n) is 6.91. The van der Waals surface area contributed by atoms with E-state index in [0.29, 0.717) is 15.8 Å². The maximum Gasteiger partial charge on any atom is 0.573 e. The van der Waals surface area contributed by atoms with Crippen molar-refractivity contribution in [3.63, 3.8) is 0 Å². The standard InChI is InChI=1S/C21H17F6N3O2/c1-12-5-3-4-6-17(12)30-18(20(22,23)24)16(11-28-30)19(31)29-13(2)14-7-9-15(10-8-14)32-21(25,26)27/h3-11,13H,1-2H3,(H,29,31). The van der Waals surface area contributed by atoms with Gasteiger partial charge in [-0.05, 0) is 43.2 Å². The molecule has 3 aromatic rings. The molecule has 1 N–H and O–H groups in total. The molecule has 1 amide bonds. The lowest BCUT2D eigenvalue weighted by molar-refractivity contribution is -0.274. The summed E-state index contributed by atoms with van der Waals surface area (Å²) in [6.45, 7) is 3.10. The SMILES string of the molecule is Cc1ccccc1-n1ncc(C(=O)NC(C)c2ccc(OC(F)(F)F)cc2)c1C(F)(F)F. The fraction of sp³-hybridized carbons (Fsp3) is 0.238. The fourth-order valence-corrected chi connectivity index (χ4v) is 3.09. The van der Waals surface area contributed by atoms with Gasteiger partial charge in [-0.1, -0.05) is 30.3 Å². The van der Waals surface area contributed by atoms with Gasteiger partial charge in [-0.15, -0.1) is 13.2 Å². The van der Waals surface area contributed by atoms with Crippen molar-refractivity contribution in [2.75, 3.05) is 0 Å². The van der Waals surface area contributed by atoms with Crippen LogP contribution in [0.15, 0.2) is 54.7 Å². The molecule has 32 heavy (non-hydrogen) atoms. The molecular formula is C21H17F6N3O2. The van der Waals surface area contributed by atoms with Crippen molar-refractivity contribution in [2.24, 2.45) is 0 Å². The van der Waals surface area contributed by atoms with E-state index in [0.717, 1.165) is 18.3 Å². The van der Waals surface area contributed by atoms with Crippen LogP contribution in [-0.4, -0.2) is 22.1 Å². The van der Waals surface area contributed by atoms with Crippen LogP contribution in [0.1, 0.15) is 40.1 Å². The minimum atomic E-state index is -4.87. The lowest BCUT2D eigenvalue weighted by atomic mass is 10.1. The first-order valence-electron chi connectivity index (χ1n) is 9.24. The van der Waals surface area contributed by atoms with Crippen LogP contribution in [-0.2, 0) is 6.18 Å². The Bertz CT molecular complexity index is 1100. The zero-order valence-electron chi connectivity index (χ0n) is 16.8. The highest BCUT2D eigenvalue weighted by atomic mass is 19.4. The molecule has 2 aromatic carbocycles. The van der Waals surface area contributed by atoms with Gasteiger partial charge < -0.3 is 10.1 Å². The Morgan fingerprint density at radius 1 is 1.03 bits per heavy atom. The van der Waals surface area contributed by atoms with Crippen molar-refractivity contribution in [3.8, 4) is 11.4 Å². The number of aryl methyl sites for hydroxylation is 1. The number of para-hydroxylation sites is 1. The highest BCUT2D eigenvalue weighted by molar-refractivity contribution is 5.95. The second-order valence-corrected chi connectivity index (χ2v) is 6.91. The Morgan fingerprint density at radius 2 is 1.66 bits per heavy atom. The van der Waals surface area contributed by atoms with Gasteiger partial charge in [0.2, 0.25) is 0 Å². The van der Waals surface area contributed by atoms with E-state index in [1.54, 1.807) is 25.1 Å². The van der Waals surface area contributed by atoms with Crippen molar-refractivity contribution < 1.29 is 35.9 Å². The van der Waals surface area contributed by atoms with Crippen LogP contribution in [0.3, 0.4) is 0 Å². The molecule has 0 spiro atoms. The summed E-state index contributed by atoms with van der Waals surface area (Å²) < 4.78 is 82.7. The van der Waals surface area contributed by atoms with Gasteiger partial charge >= 0.3 is 12.5 Å². The van der Waals surface area contributed by atoms with E-state index in [-0.39, 0.29) is 5.69 Å². The number of benzene rings is 2. The molecule has 0 bridgehead atoms. The third kappa shape index (κ3) is 5.21. The zero-order chi connectivity index (χ0) is 23.7. The number of alkyl halides is 6. The van der Waals surface area contributed by atoms with Crippen molar-refractivity contribution in [1.82, 2.24) is 15.1 Å². The van der Waals surface area contributed by atoms with Crippen LogP contribution in [0, 0.1) is 6.92 Å². The van der Waals surface area contributed by atoms with E-state index in [4.69, 9.17) is 0 Å². The molecule has 1 aromatic heterocycles. The molecule has 170 valence electrons. The molecule has 3 rings (SSSR count). The summed E-state index contributed by atoms with van der Waals surface area (Å²) in [5, 5.41) is 6.19. The molecule has 1 atom stereocenters. The number of carbonyl (C=O) groups excluding carboxylic acids is 1. The van der Waals surface area contributed by atoms with Crippen LogP contribution in [0.5, 0.6) is 5.75 Å². The molecule has 11 heteroatoms. The molecule has 0 fully saturated rings. The molecule has 5 nitrogen and oxygen atoms in total. The van der Waals surface area contributed by atoms with Gasteiger partial charge in [-0.2, -0.15) is 18.3 Å². The summed E-state index contributed by atoms with van der Waals surface area (Å²) in [6.07, 6.45) is -8.89. The largest absolute Gasteiger partial charge is 0.573 e. The minimum absolute atomic E-state index is 0.173. The van der Waals surface area contributed by atoms with Gasteiger partial charge in [-0.3, -0.25) is 4.79 Å².